The third-order valence-corrected chi connectivity index (χ3v) is 4.00. The standard InChI is InChI=1S/C14H20BrN/c1-11-7-8-13(15)9-14(11)16-10-12-5-3-2-4-6-12/h7-9,12,16H,2-6,10H2,1H3. The van der Waals surface area contributed by atoms with Gasteiger partial charge in [-0.1, -0.05) is 41.3 Å². The molecule has 1 nitrogen and oxygen atoms in total. The molecular weight excluding hydrogens is 262 g/mol. The van der Waals surface area contributed by atoms with Crippen LogP contribution in [0.3, 0.4) is 0 Å². The lowest BCUT2D eigenvalue weighted by Gasteiger charge is -2.22. The predicted molar refractivity (Wildman–Crippen MR) is 73.9 cm³/mol. The molecule has 0 amide bonds. The van der Waals surface area contributed by atoms with E-state index in [1.54, 1.807) is 0 Å². The van der Waals surface area contributed by atoms with Crippen LogP contribution in [0.5, 0.6) is 0 Å². The van der Waals surface area contributed by atoms with E-state index in [4.69, 9.17) is 0 Å². The minimum atomic E-state index is 0.882. The summed E-state index contributed by atoms with van der Waals surface area (Å²) >= 11 is 3.52. The molecule has 1 aliphatic rings. The number of hydrogen-bond donors (Lipinski definition) is 1. The Morgan fingerprint density at radius 2 is 2.00 bits per heavy atom. The second-order valence-electron chi connectivity index (χ2n) is 4.84. The normalized spacial score (nSPS) is 17.4. The number of nitrogens with one attached hydrogen (secondary N) is 1. The van der Waals surface area contributed by atoms with Gasteiger partial charge in [0.25, 0.3) is 0 Å². The van der Waals surface area contributed by atoms with Crippen molar-refractivity contribution in [3.63, 3.8) is 0 Å². The van der Waals surface area contributed by atoms with Gasteiger partial charge >= 0.3 is 0 Å². The first-order chi connectivity index (χ1) is 7.75. The van der Waals surface area contributed by atoms with Gasteiger partial charge in [0.15, 0.2) is 0 Å². The smallest absolute Gasteiger partial charge is 0.0381 e. The van der Waals surface area contributed by atoms with Crippen molar-refractivity contribution < 1.29 is 0 Å². The first-order valence-electron chi connectivity index (χ1n) is 6.26. The summed E-state index contributed by atoms with van der Waals surface area (Å²) in [6.45, 7) is 3.30. The second kappa shape index (κ2) is 5.72. The van der Waals surface area contributed by atoms with Crippen LogP contribution in [0, 0.1) is 12.8 Å². The third kappa shape index (κ3) is 3.24. The molecule has 88 valence electrons. The molecule has 1 aromatic rings. The fourth-order valence-electron chi connectivity index (χ4n) is 2.43. The zero-order valence-corrected chi connectivity index (χ0v) is 11.5. The first kappa shape index (κ1) is 12.0. The van der Waals surface area contributed by atoms with Crippen molar-refractivity contribution in [2.45, 2.75) is 39.0 Å². The molecule has 0 aromatic heterocycles. The van der Waals surface area contributed by atoms with E-state index in [1.165, 1.54) is 43.4 Å². The summed E-state index contributed by atoms with van der Waals surface area (Å²) in [6.07, 6.45) is 7.08. The van der Waals surface area contributed by atoms with Gasteiger partial charge in [-0.3, -0.25) is 0 Å². The molecule has 0 unspecified atom stereocenters. The Balaban J connectivity index is 1.90. The molecular formula is C14H20BrN. The average Bonchev–Trinajstić information content (AvgIpc) is 2.32. The van der Waals surface area contributed by atoms with Crippen molar-refractivity contribution in [1.29, 1.82) is 0 Å². The zero-order valence-electron chi connectivity index (χ0n) is 9.93. The summed E-state index contributed by atoms with van der Waals surface area (Å²) in [5.41, 5.74) is 2.61. The van der Waals surface area contributed by atoms with Crippen LogP contribution >= 0.6 is 15.9 Å². The number of hydrogen-bond acceptors (Lipinski definition) is 1. The summed E-state index contributed by atoms with van der Waals surface area (Å²) in [7, 11) is 0. The molecule has 1 aromatic carbocycles. The average molecular weight is 282 g/mol. The molecule has 2 heteroatoms. The zero-order chi connectivity index (χ0) is 11.4. The SMILES string of the molecule is Cc1ccc(Br)cc1NCC1CCCCC1. The van der Waals surface area contributed by atoms with Crippen LogP contribution in [-0.2, 0) is 0 Å². The molecule has 0 atom stereocenters. The van der Waals surface area contributed by atoms with Crippen molar-refractivity contribution in [1.82, 2.24) is 0 Å². The maximum Gasteiger partial charge on any atom is 0.0381 e. The molecule has 1 fully saturated rings. The maximum atomic E-state index is 3.59. The van der Waals surface area contributed by atoms with E-state index in [9.17, 15) is 0 Å². The fraction of sp³-hybridized carbons (Fsp3) is 0.571. The molecule has 1 aliphatic carbocycles. The number of benzene rings is 1. The topological polar surface area (TPSA) is 12.0 Å². The van der Waals surface area contributed by atoms with Crippen LogP contribution in [0.25, 0.3) is 0 Å². The summed E-state index contributed by atoms with van der Waals surface area (Å²) in [6, 6.07) is 6.44. The van der Waals surface area contributed by atoms with E-state index in [0.29, 0.717) is 0 Å². The van der Waals surface area contributed by atoms with Crippen molar-refractivity contribution in [3.05, 3.63) is 28.2 Å². The lowest BCUT2D eigenvalue weighted by atomic mass is 9.89. The lowest BCUT2D eigenvalue weighted by Crippen LogP contribution is -2.17. The quantitative estimate of drug-likeness (QED) is 0.843. The Bertz CT molecular complexity index is 343. The number of rotatable bonds is 3. The van der Waals surface area contributed by atoms with Crippen LogP contribution in [0.4, 0.5) is 5.69 Å². The van der Waals surface area contributed by atoms with Crippen molar-refractivity contribution in [3.8, 4) is 0 Å². The van der Waals surface area contributed by atoms with E-state index in [-0.39, 0.29) is 0 Å². The Hall–Kier alpha value is -0.500. The third-order valence-electron chi connectivity index (χ3n) is 3.51. The molecule has 0 saturated heterocycles. The van der Waals surface area contributed by atoms with Gasteiger partial charge in [0, 0.05) is 16.7 Å². The van der Waals surface area contributed by atoms with Gasteiger partial charge in [-0.2, -0.15) is 0 Å². The summed E-state index contributed by atoms with van der Waals surface area (Å²) in [4.78, 5) is 0. The molecule has 2 rings (SSSR count). The van der Waals surface area contributed by atoms with Crippen molar-refractivity contribution >= 4 is 21.6 Å². The highest BCUT2D eigenvalue weighted by Gasteiger charge is 2.13. The maximum absolute atomic E-state index is 3.59. The van der Waals surface area contributed by atoms with Gasteiger partial charge in [-0.15, -0.1) is 0 Å². The molecule has 16 heavy (non-hydrogen) atoms. The summed E-state index contributed by atoms with van der Waals surface area (Å²) in [5, 5.41) is 3.59. The molecule has 0 heterocycles. The molecule has 0 aliphatic heterocycles. The highest BCUT2D eigenvalue weighted by molar-refractivity contribution is 9.10. The van der Waals surface area contributed by atoms with Gasteiger partial charge in [-0.25, -0.2) is 0 Å². The Morgan fingerprint density at radius 3 is 2.75 bits per heavy atom. The molecule has 1 saturated carbocycles. The first-order valence-corrected chi connectivity index (χ1v) is 7.05. The summed E-state index contributed by atoms with van der Waals surface area (Å²) in [5.74, 6) is 0.882. The Morgan fingerprint density at radius 1 is 1.25 bits per heavy atom. The summed E-state index contributed by atoms with van der Waals surface area (Å²) < 4.78 is 1.16. The van der Waals surface area contributed by atoms with E-state index in [2.05, 4.69) is 46.4 Å². The minimum Gasteiger partial charge on any atom is -0.385 e. The van der Waals surface area contributed by atoms with Crippen LogP contribution in [0.15, 0.2) is 22.7 Å². The number of halogens is 1. The molecule has 0 radical (unpaired) electrons. The Kier molecular flexibility index (Phi) is 4.28. The van der Waals surface area contributed by atoms with Gasteiger partial charge in [0.1, 0.15) is 0 Å². The van der Waals surface area contributed by atoms with Gasteiger partial charge < -0.3 is 5.32 Å². The lowest BCUT2D eigenvalue weighted by molar-refractivity contribution is 0.373. The second-order valence-corrected chi connectivity index (χ2v) is 5.76. The van der Waals surface area contributed by atoms with Gasteiger partial charge in [-0.05, 0) is 43.4 Å². The molecule has 0 bridgehead atoms. The highest BCUT2D eigenvalue weighted by Crippen LogP contribution is 2.25. The van der Waals surface area contributed by atoms with Crippen LogP contribution in [0.1, 0.15) is 37.7 Å². The highest BCUT2D eigenvalue weighted by atomic mass is 79.9. The predicted octanol–water partition coefficient (Wildman–Crippen LogP) is 4.75. The molecule has 1 N–H and O–H groups in total. The van der Waals surface area contributed by atoms with E-state index < -0.39 is 0 Å². The monoisotopic (exact) mass is 281 g/mol. The van der Waals surface area contributed by atoms with Gasteiger partial charge in [0.05, 0.1) is 0 Å². The van der Waals surface area contributed by atoms with Crippen LogP contribution < -0.4 is 5.32 Å². The van der Waals surface area contributed by atoms with Crippen LogP contribution in [-0.4, -0.2) is 6.54 Å². The van der Waals surface area contributed by atoms with E-state index in [0.717, 1.165) is 16.9 Å². The van der Waals surface area contributed by atoms with Crippen molar-refractivity contribution in [2.24, 2.45) is 5.92 Å². The Labute approximate surface area is 107 Å². The van der Waals surface area contributed by atoms with Crippen LogP contribution in [0.2, 0.25) is 0 Å². The van der Waals surface area contributed by atoms with Crippen molar-refractivity contribution in [2.75, 3.05) is 11.9 Å². The minimum absolute atomic E-state index is 0.882. The largest absolute Gasteiger partial charge is 0.385 e. The number of anilines is 1. The fourth-order valence-corrected chi connectivity index (χ4v) is 2.79. The van der Waals surface area contributed by atoms with E-state index in [1.807, 2.05) is 0 Å². The van der Waals surface area contributed by atoms with Gasteiger partial charge in [0.2, 0.25) is 0 Å². The van der Waals surface area contributed by atoms with E-state index >= 15 is 0 Å². The molecule has 0 spiro atoms. The number of aryl methyl sites for hydroxylation is 1.